The number of para-hydroxylation sites is 1. The van der Waals surface area contributed by atoms with Gasteiger partial charge in [0.05, 0.1) is 24.8 Å². The van der Waals surface area contributed by atoms with E-state index in [0.717, 1.165) is 44.3 Å². The summed E-state index contributed by atoms with van der Waals surface area (Å²) in [4.78, 5) is 33.9. The number of benzene rings is 3. The third kappa shape index (κ3) is 7.78. The zero-order valence-electron chi connectivity index (χ0n) is 24.7. The smallest absolute Gasteiger partial charge is 0.257 e. The van der Waals surface area contributed by atoms with Gasteiger partial charge in [0, 0.05) is 39.8 Å². The maximum atomic E-state index is 14.1. The molecule has 0 saturated carbocycles. The van der Waals surface area contributed by atoms with Crippen LogP contribution in [0.4, 0.5) is 0 Å². The van der Waals surface area contributed by atoms with Crippen molar-refractivity contribution in [2.75, 3.05) is 53.0 Å². The lowest BCUT2D eigenvalue weighted by Crippen LogP contribution is -2.50. The molecular formula is C35H43N3O4. The molecule has 3 aromatic rings. The third-order valence-electron chi connectivity index (χ3n) is 8.37. The highest BCUT2D eigenvalue weighted by molar-refractivity contribution is 5.97. The third-order valence-corrected chi connectivity index (χ3v) is 8.37. The number of rotatable bonds is 7. The molecule has 222 valence electrons. The minimum absolute atomic E-state index is 0.0418. The van der Waals surface area contributed by atoms with E-state index in [4.69, 9.17) is 9.47 Å². The fourth-order valence-corrected chi connectivity index (χ4v) is 6.03. The van der Waals surface area contributed by atoms with Crippen molar-refractivity contribution in [3.63, 3.8) is 0 Å². The molecule has 42 heavy (non-hydrogen) atoms. The minimum atomic E-state index is -0.162. The van der Waals surface area contributed by atoms with E-state index in [0.29, 0.717) is 57.1 Å². The normalized spacial score (nSPS) is 18.6. The Morgan fingerprint density at radius 3 is 2.45 bits per heavy atom. The van der Waals surface area contributed by atoms with Crippen LogP contribution in [0, 0.1) is 0 Å². The first-order chi connectivity index (χ1) is 20.6. The highest BCUT2D eigenvalue weighted by Crippen LogP contribution is 2.24. The molecule has 5 rings (SSSR count). The van der Waals surface area contributed by atoms with E-state index in [9.17, 15) is 9.59 Å². The SMILES string of the molecule is COCCN1CCCCCN(C(=O)CN2CCc3ccccc3C2)[C@@H](Cc2ccccc2)COc2ccccc2C1=O. The summed E-state index contributed by atoms with van der Waals surface area (Å²) in [5, 5.41) is 0. The highest BCUT2D eigenvalue weighted by atomic mass is 16.5. The van der Waals surface area contributed by atoms with E-state index in [2.05, 4.69) is 46.2 Å². The maximum Gasteiger partial charge on any atom is 0.257 e. The molecule has 2 aliphatic heterocycles. The summed E-state index contributed by atoms with van der Waals surface area (Å²) >= 11 is 0. The Bertz CT molecular complexity index is 1310. The van der Waals surface area contributed by atoms with Crippen LogP contribution in [0.5, 0.6) is 5.75 Å². The summed E-state index contributed by atoms with van der Waals surface area (Å²) in [5.41, 5.74) is 4.41. The van der Waals surface area contributed by atoms with Gasteiger partial charge in [-0.1, -0.05) is 66.7 Å². The Kier molecular flexibility index (Phi) is 10.6. The fraction of sp³-hybridized carbons (Fsp3) is 0.429. The van der Waals surface area contributed by atoms with Crippen LogP contribution in [-0.4, -0.2) is 85.6 Å². The van der Waals surface area contributed by atoms with Crippen molar-refractivity contribution < 1.29 is 19.1 Å². The topological polar surface area (TPSA) is 62.3 Å². The Labute approximate surface area is 250 Å². The molecule has 2 amide bonds. The van der Waals surface area contributed by atoms with Crippen LogP contribution >= 0.6 is 0 Å². The number of amides is 2. The van der Waals surface area contributed by atoms with Crippen molar-refractivity contribution in [1.29, 1.82) is 0 Å². The highest BCUT2D eigenvalue weighted by Gasteiger charge is 2.29. The monoisotopic (exact) mass is 569 g/mol. The lowest BCUT2D eigenvalue weighted by molar-refractivity contribution is -0.135. The molecule has 0 aromatic heterocycles. The summed E-state index contributed by atoms with van der Waals surface area (Å²) in [6, 6.07) is 26.1. The maximum absolute atomic E-state index is 14.1. The van der Waals surface area contributed by atoms with Crippen LogP contribution < -0.4 is 4.74 Å². The molecule has 0 N–H and O–H groups in total. The Morgan fingerprint density at radius 2 is 1.62 bits per heavy atom. The largest absolute Gasteiger partial charge is 0.491 e. The number of nitrogens with zero attached hydrogens (tertiary/aromatic N) is 3. The molecule has 0 unspecified atom stereocenters. The van der Waals surface area contributed by atoms with Gasteiger partial charge in [-0.3, -0.25) is 14.5 Å². The van der Waals surface area contributed by atoms with Crippen LogP contribution in [0.25, 0.3) is 0 Å². The van der Waals surface area contributed by atoms with Gasteiger partial charge in [0.15, 0.2) is 0 Å². The summed E-state index contributed by atoms with van der Waals surface area (Å²) in [6.45, 7) is 4.70. The van der Waals surface area contributed by atoms with Crippen molar-refractivity contribution in [2.45, 2.75) is 44.7 Å². The van der Waals surface area contributed by atoms with Crippen LogP contribution in [0.3, 0.4) is 0 Å². The number of hydrogen-bond donors (Lipinski definition) is 0. The first kappa shape index (κ1) is 29.8. The van der Waals surface area contributed by atoms with Crippen molar-refractivity contribution in [3.8, 4) is 5.75 Å². The molecule has 0 aliphatic carbocycles. The molecule has 2 heterocycles. The number of carbonyl (C=O) groups is 2. The standard InChI is InChI=1S/C35H43N3O4/c1-41-23-22-37-19-10-3-11-20-38(34(39)26-36-21-18-29-14-6-7-15-30(29)25-36)31(24-28-12-4-2-5-13-28)27-42-33-17-9-8-16-32(33)35(37)40/h2,4-9,12-17,31H,3,10-11,18-27H2,1H3/t31-/m0/s1. The van der Waals surface area contributed by atoms with Gasteiger partial charge in [-0.2, -0.15) is 0 Å². The zero-order chi connectivity index (χ0) is 29.1. The molecule has 7 nitrogen and oxygen atoms in total. The zero-order valence-corrected chi connectivity index (χ0v) is 24.7. The summed E-state index contributed by atoms with van der Waals surface area (Å²) in [6.07, 6.45) is 4.32. The number of fused-ring (bicyclic) bond motifs is 2. The van der Waals surface area contributed by atoms with E-state index in [1.165, 1.54) is 11.1 Å². The predicted molar refractivity (Wildman–Crippen MR) is 165 cm³/mol. The van der Waals surface area contributed by atoms with E-state index in [-0.39, 0.29) is 17.9 Å². The summed E-state index contributed by atoms with van der Waals surface area (Å²) in [7, 11) is 1.66. The lowest BCUT2D eigenvalue weighted by Gasteiger charge is -2.35. The second-order valence-corrected chi connectivity index (χ2v) is 11.3. The Balaban J connectivity index is 1.39. The first-order valence-electron chi connectivity index (χ1n) is 15.2. The number of ether oxygens (including phenoxy) is 2. The van der Waals surface area contributed by atoms with Gasteiger partial charge in [0.25, 0.3) is 5.91 Å². The van der Waals surface area contributed by atoms with Gasteiger partial charge in [-0.25, -0.2) is 0 Å². The van der Waals surface area contributed by atoms with Gasteiger partial charge in [-0.15, -0.1) is 0 Å². The van der Waals surface area contributed by atoms with Crippen molar-refractivity contribution >= 4 is 11.8 Å². The van der Waals surface area contributed by atoms with Crippen LogP contribution in [0.1, 0.15) is 46.3 Å². The van der Waals surface area contributed by atoms with Gasteiger partial charge in [0.2, 0.25) is 5.91 Å². The molecule has 1 atom stereocenters. The van der Waals surface area contributed by atoms with Crippen molar-refractivity contribution in [3.05, 3.63) is 101 Å². The van der Waals surface area contributed by atoms with Crippen molar-refractivity contribution in [1.82, 2.24) is 14.7 Å². The average Bonchev–Trinajstić information content (AvgIpc) is 3.03. The second kappa shape index (κ2) is 15.0. The molecule has 7 heteroatoms. The number of methoxy groups -OCH3 is 1. The minimum Gasteiger partial charge on any atom is -0.491 e. The molecule has 2 aliphatic rings. The van der Waals surface area contributed by atoms with Gasteiger partial charge in [0.1, 0.15) is 12.4 Å². The molecule has 0 radical (unpaired) electrons. The number of carbonyl (C=O) groups excluding carboxylic acids is 2. The second-order valence-electron chi connectivity index (χ2n) is 11.3. The fourth-order valence-electron chi connectivity index (χ4n) is 6.03. The van der Waals surface area contributed by atoms with E-state index < -0.39 is 0 Å². The number of hydrogen-bond acceptors (Lipinski definition) is 5. The van der Waals surface area contributed by atoms with Gasteiger partial charge in [-0.05, 0) is 60.9 Å². The van der Waals surface area contributed by atoms with E-state index >= 15 is 0 Å². The summed E-state index contributed by atoms with van der Waals surface area (Å²) < 4.78 is 11.7. The molecular weight excluding hydrogens is 526 g/mol. The summed E-state index contributed by atoms with van der Waals surface area (Å²) in [5.74, 6) is 0.655. The lowest BCUT2D eigenvalue weighted by atomic mass is 10.00. The quantitative estimate of drug-likeness (QED) is 0.408. The molecule has 0 spiro atoms. The Hall–Kier alpha value is -3.68. The molecule has 0 fully saturated rings. The average molecular weight is 570 g/mol. The Morgan fingerprint density at radius 1 is 0.881 bits per heavy atom. The molecule has 3 aromatic carbocycles. The van der Waals surface area contributed by atoms with Crippen LogP contribution in [0.15, 0.2) is 78.9 Å². The first-order valence-corrected chi connectivity index (χ1v) is 15.2. The predicted octanol–water partition coefficient (Wildman–Crippen LogP) is 4.84. The molecule has 0 bridgehead atoms. The van der Waals surface area contributed by atoms with Crippen LogP contribution in [0.2, 0.25) is 0 Å². The van der Waals surface area contributed by atoms with Gasteiger partial charge < -0.3 is 19.3 Å². The van der Waals surface area contributed by atoms with Crippen LogP contribution in [-0.2, 0) is 28.9 Å². The van der Waals surface area contributed by atoms with Gasteiger partial charge >= 0.3 is 0 Å². The van der Waals surface area contributed by atoms with E-state index in [1.807, 2.05) is 47.4 Å². The van der Waals surface area contributed by atoms with Crippen molar-refractivity contribution in [2.24, 2.45) is 0 Å². The molecule has 0 saturated heterocycles. The van der Waals surface area contributed by atoms with E-state index in [1.54, 1.807) is 7.11 Å².